The van der Waals surface area contributed by atoms with Crippen LogP contribution in [-0.2, 0) is 47.4 Å². The zero-order chi connectivity index (χ0) is 40.7. The van der Waals surface area contributed by atoms with Gasteiger partial charge in [0.25, 0.3) is 11.8 Å². The van der Waals surface area contributed by atoms with Gasteiger partial charge in [0, 0.05) is 6.42 Å². The molecular weight excluding hydrogens is 734 g/mol. The highest BCUT2D eigenvalue weighted by molar-refractivity contribution is 6.21. The second kappa shape index (κ2) is 37.8. The molecule has 2 rings (SSSR count). The summed E-state index contributed by atoms with van der Waals surface area (Å²) in [5.41, 5.74) is 0.883. The second-order valence-corrected chi connectivity index (χ2v) is 14.1. The summed E-state index contributed by atoms with van der Waals surface area (Å²) in [6.45, 7) is 9.71. The lowest BCUT2D eigenvalue weighted by atomic mass is 10.0. The summed E-state index contributed by atoms with van der Waals surface area (Å²) >= 11 is 0. The number of carbonyl (C=O) groups is 3. The SMILES string of the molecule is CCCCCCCCCCCCCCCCCC(=O)OCCOCCOCCOCCOCCOCCOCCOCCOCCN1C(=O)c2ccccc2C1=O. The largest absolute Gasteiger partial charge is 0.463 e. The third kappa shape index (κ3) is 27.8. The number of fused-ring (bicyclic) bond motifs is 1. The van der Waals surface area contributed by atoms with Crippen LogP contribution in [0, 0.1) is 0 Å². The Kier molecular flexibility index (Phi) is 33.6. The number of unbranched alkanes of at least 4 members (excludes halogenated alkanes) is 14. The lowest BCUT2D eigenvalue weighted by Gasteiger charge is -2.13. The summed E-state index contributed by atoms with van der Waals surface area (Å²) in [5, 5.41) is 0. The highest BCUT2D eigenvalue weighted by Gasteiger charge is 2.34. The summed E-state index contributed by atoms with van der Waals surface area (Å²) in [5.74, 6) is -0.694. The van der Waals surface area contributed by atoms with Crippen LogP contribution in [0.1, 0.15) is 130 Å². The third-order valence-electron chi connectivity index (χ3n) is 9.42. The van der Waals surface area contributed by atoms with Gasteiger partial charge >= 0.3 is 5.97 Å². The zero-order valence-corrected chi connectivity index (χ0v) is 35.2. The minimum absolute atomic E-state index is 0.137. The van der Waals surface area contributed by atoms with E-state index in [-0.39, 0.29) is 37.5 Å². The Labute approximate surface area is 343 Å². The molecule has 1 aromatic rings. The van der Waals surface area contributed by atoms with E-state index in [1.54, 1.807) is 24.3 Å². The molecule has 0 spiro atoms. The molecule has 0 fully saturated rings. The van der Waals surface area contributed by atoms with Crippen LogP contribution in [0.5, 0.6) is 0 Å². The highest BCUT2D eigenvalue weighted by atomic mass is 16.6. The Bertz CT molecular complexity index is 1090. The Hall–Kier alpha value is -2.49. The van der Waals surface area contributed by atoms with Crippen LogP contribution >= 0.6 is 0 Å². The second-order valence-electron chi connectivity index (χ2n) is 14.1. The number of amides is 2. The summed E-state index contributed by atoms with van der Waals surface area (Å²) in [6, 6.07) is 6.82. The van der Waals surface area contributed by atoms with Crippen molar-refractivity contribution in [3.8, 4) is 0 Å². The van der Waals surface area contributed by atoms with Crippen LogP contribution in [0.15, 0.2) is 24.3 Å². The van der Waals surface area contributed by atoms with Gasteiger partial charge in [-0.25, -0.2) is 0 Å². The average Bonchev–Trinajstić information content (AvgIpc) is 3.46. The number of imide groups is 1. The van der Waals surface area contributed by atoms with Crippen molar-refractivity contribution in [3.05, 3.63) is 35.4 Å². The number of ether oxygens (including phenoxy) is 9. The molecule has 1 aliphatic heterocycles. The number of hydrogen-bond acceptors (Lipinski definition) is 12. The molecular formula is C44H75NO12. The zero-order valence-electron chi connectivity index (χ0n) is 35.2. The van der Waals surface area contributed by atoms with Crippen LogP contribution in [0.2, 0.25) is 0 Å². The lowest BCUT2D eigenvalue weighted by molar-refractivity contribution is -0.145. The van der Waals surface area contributed by atoms with Crippen molar-refractivity contribution in [1.82, 2.24) is 4.90 Å². The standard InChI is InChI=1S/C44H75NO12/c1-2-3-4-5-6-7-8-9-10-11-12-13-14-15-16-21-42(46)57-39-38-56-37-36-55-35-34-54-33-32-53-31-30-52-29-28-51-27-26-50-25-24-49-23-22-45-43(47)40-19-17-18-20-41(40)44(45)48/h17-20H,2-16,21-39H2,1H3. The molecule has 57 heavy (non-hydrogen) atoms. The normalized spacial score (nSPS) is 12.5. The van der Waals surface area contributed by atoms with Crippen molar-refractivity contribution in [3.63, 3.8) is 0 Å². The molecule has 2 amide bonds. The summed E-state index contributed by atoms with van der Waals surface area (Å²) in [4.78, 5) is 37.8. The number of benzene rings is 1. The lowest BCUT2D eigenvalue weighted by Crippen LogP contribution is -2.33. The highest BCUT2D eigenvalue weighted by Crippen LogP contribution is 2.22. The van der Waals surface area contributed by atoms with Crippen LogP contribution in [0.4, 0.5) is 0 Å². The molecule has 0 saturated carbocycles. The van der Waals surface area contributed by atoms with Gasteiger partial charge in [-0.3, -0.25) is 19.3 Å². The molecule has 328 valence electrons. The van der Waals surface area contributed by atoms with Crippen LogP contribution < -0.4 is 0 Å². The van der Waals surface area contributed by atoms with Crippen molar-refractivity contribution in [2.24, 2.45) is 0 Å². The Morgan fingerprint density at radius 2 is 0.719 bits per heavy atom. The van der Waals surface area contributed by atoms with Crippen molar-refractivity contribution in [2.45, 2.75) is 110 Å². The maximum atomic E-state index is 12.3. The fourth-order valence-electron chi connectivity index (χ4n) is 6.17. The van der Waals surface area contributed by atoms with Gasteiger partial charge in [-0.15, -0.1) is 0 Å². The fourth-order valence-corrected chi connectivity index (χ4v) is 6.17. The van der Waals surface area contributed by atoms with Crippen molar-refractivity contribution >= 4 is 17.8 Å². The van der Waals surface area contributed by atoms with Gasteiger partial charge < -0.3 is 42.6 Å². The Morgan fingerprint density at radius 1 is 0.421 bits per heavy atom. The smallest absolute Gasteiger partial charge is 0.305 e. The molecule has 0 atom stereocenters. The predicted molar refractivity (Wildman–Crippen MR) is 219 cm³/mol. The molecule has 1 heterocycles. The summed E-state index contributed by atoms with van der Waals surface area (Å²) in [7, 11) is 0. The molecule has 0 radical (unpaired) electrons. The molecule has 0 N–H and O–H groups in total. The molecule has 1 aliphatic rings. The molecule has 0 saturated heterocycles. The topological polar surface area (TPSA) is 138 Å². The maximum absolute atomic E-state index is 12.3. The molecule has 0 unspecified atom stereocenters. The molecule has 13 heteroatoms. The summed E-state index contributed by atoms with van der Waals surface area (Å²) in [6.07, 6.45) is 20.1. The van der Waals surface area contributed by atoms with Crippen molar-refractivity contribution < 1.29 is 57.0 Å². The number of nitrogens with zero attached hydrogens (tertiary/aromatic N) is 1. The molecule has 13 nitrogen and oxygen atoms in total. The monoisotopic (exact) mass is 810 g/mol. The van der Waals surface area contributed by atoms with Gasteiger partial charge in [-0.2, -0.15) is 0 Å². The minimum Gasteiger partial charge on any atom is -0.463 e. The van der Waals surface area contributed by atoms with E-state index in [4.69, 9.17) is 42.6 Å². The number of hydrogen-bond donors (Lipinski definition) is 0. The van der Waals surface area contributed by atoms with E-state index >= 15 is 0 Å². The van der Waals surface area contributed by atoms with E-state index in [9.17, 15) is 14.4 Å². The number of rotatable bonds is 43. The van der Waals surface area contributed by atoms with Crippen LogP contribution in [0.3, 0.4) is 0 Å². The minimum atomic E-state index is -0.278. The van der Waals surface area contributed by atoms with Crippen molar-refractivity contribution in [1.29, 1.82) is 0 Å². The van der Waals surface area contributed by atoms with Crippen molar-refractivity contribution in [2.75, 3.05) is 119 Å². The predicted octanol–water partition coefficient (Wildman–Crippen LogP) is 7.22. The van der Waals surface area contributed by atoms with Gasteiger partial charge in [0.15, 0.2) is 0 Å². The Balaban J connectivity index is 1.17. The number of esters is 1. The first-order valence-electron chi connectivity index (χ1n) is 21.9. The van der Waals surface area contributed by atoms with Gasteiger partial charge in [0.2, 0.25) is 0 Å². The van der Waals surface area contributed by atoms with Crippen LogP contribution in [-0.4, -0.2) is 142 Å². The van der Waals surface area contributed by atoms with Gasteiger partial charge in [-0.1, -0.05) is 109 Å². The van der Waals surface area contributed by atoms with E-state index in [1.165, 1.54) is 88.4 Å². The van der Waals surface area contributed by atoms with E-state index in [0.717, 1.165) is 12.8 Å². The first-order chi connectivity index (χ1) is 28.1. The quantitative estimate of drug-likeness (QED) is 0.0374. The van der Waals surface area contributed by atoms with Gasteiger partial charge in [-0.05, 0) is 18.6 Å². The van der Waals surface area contributed by atoms with E-state index in [0.29, 0.717) is 117 Å². The molecule has 0 aliphatic carbocycles. The first kappa shape index (κ1) is 50.7. The molecule has 1 aromatic carbocycles. The van der Waals surface area contributed by atoms with E-state index in [1.807, 2.05) is 0 Å². The first-order valence-corrected chi connectivity index (χ1v) is 21.9. The average molecular weight is 810 g/mol. The summed E-state index contributed by atoms with van der Waals surface area (Å²) < 4.78 is 49.2. The molecule has 0 aromatic heterocycles. The molecule has 0 bridgehead atoms. The van der Waals surface area contributed by atoms with E-state index < -0.39 is 0 Å². The van der Waals surface area contributed by atoms with Crippen LogP contribution in [0.25, 0.3) is 0 Å². The Morgan fingerprint density at radius 3 is 1.07 bits per heavy atom. The third-order valence-corrected chi connectivity index (χ3v) is 9.42. The van der Waals surface area contributed by atoms with Gasteiger partial charge in [0.1, 0.15) is 6.61 Å². The number of carbonyl (C=O) groups excluding carboxylic acids is 3. The fraction of sp³-hybridized carbons (Fsp3) is 0.795. The van der Waals surface area contributed by atoms with E-state index in [2.05, 4.69) is 6.92 Å². The van der Waals surface area contributed by atoms with Gasteiger partial charge in [0.05, 0.1) is 123 Å². The maximum Gasteiger partial charge on any atom is 0.305 e.